The molecule has 0 aliphatic heterocycles. The SMILES string of the molecule is CCc1ccc(C(=O)NCC(O)c2ccccc2)s1. The standard InChI is InChI=1S/C15H17NO2S/c1-2-12-8-9-14(19-12)15(18)16-10-13(17)11-6-4-3-5-7-11/h3-9,13,17H,2,10H2,1H3,(H,16,18). The van der Waals surface area contributed by atoms with Crippen LogP contribution in [0.2, 0.25) is 0 Å². The average Bonchev–Trinajstić information content (AvgIpc) is 2.94. The maximum Gasteiger partial charge on any atom is 0.261 e. The number of thiophene rings is 1. The number of carbonyl (C=O) groups excluding carboxylic acids is 1. The first kappa shape index (κ1) is 13.8. The number of carbonyl (C=O) groups is 1. The van der Waals surface area contributed by atoms with Gasteiger partial charge in [0.25, 0.3) is 5.91 Å². The Kier molecular flexibility index (Phi) is 4.71. The van der Waals surface area contributed by atoms with Gasteiger partial charge < -0.3 is 10.4 Å². The number of aryl methyl sites for hydroxylation is 1. The van der Waals surface area contributed by atoms with Gasteiger partial charge in [-0.3, -0.25) is 4.79 Å². The van der Waals surface area contributed by atoms with Crippen molar-refractivity contribution in [1.82, 2.24) is 5.32 Å². The van der Waals surface area contributed by atoms with Crippen LogP contribution in [0, 0.1) is 0 Å². The molecule has 1 unspecified atom stereocenters. The van der Waals surface area contributed by atoms with E-state index in [0.717, 1.165) is 12.0 Å². The van der Waals surface area contributed by atoms with Crippen LogP contribution in [-0.2, 0) is 6.42 Å². The number of hydrogen-bond donors (Lipinski definition) is 2. The van der Waals surface area contributed by atoms with Crippen molar-refractivity contribution in [2.75, 3.05) is 6.54 Å². The van der Waals surface area contributed by atoms with E-state index in [-0.39, 0.29) is 12.5 Å². The van der Waals surface area contributed by atoms with Crippen LogP contribution in [0.5, 0.6) is 0 Å². The fraction of sp³-hybridized carbons (Fsp3) is 0.267. The largest absolute Gasteiger partial charge is 0.387 e. The Hall–Kier alpha value is -1.65. The topological polar surface area (TPSA) is 49.3 Å². The van der Waals surface area contributed by atoms with Crippen molar-refractivity contribution < 1.29 is 9.90 Å². The Morgan fingerprint density at radius 1 is 1.26 bits per heavy atom. The van der Waals surface area contributed by atoms with Crippen LogP contribution in [0.25, 0.3) is 0 Å². The van der Waals surface area contributed by atoms with E-state index in [1.54, 1.807) is 0 Å². The monoisotopic (exact) mass is 275 g/mol. The summed E-state index contributed by atoms with van der Waals surface area (Å²) in [5.74, 6) is -0.125. The molecule has 2 N–H and O–H groups in total. The molecule has 0 aliphatic rings. The van der Waals surface area contributed by atoms with E-state index in [0.29, 0.717) is 4.88 Å². The molecule has 1 heterocycles. The molecule has 19 heavy (non-hydrogen) atoms. The number of benzene rings is 1. The molecule has 3 nitrogen and oxygen atoms in total. The van der Waals surface area contributed by atoms with Gasteiger partial charge in [-0.05, 0) is 24.1 Å². The summed E-state index contributed by atoms with van der Waals surface area (Å²) < 4.78 is 0. The van der Waals surface area contributed by atoms with Crippen LogP contribution >= 0.6 is 11.3 Å². The Morgan fingerprint density at radius 3 is 2.63 bits per heavy atom. The molecular formula is C15H17NO2S. The molecule has 0 bridgehead atoms. The van der Waals surface area contributed by atoms with E-state index in [9.17, 15) is 9.90 Å². The molecule has 0 aliphatic carbocycles. The minimum Gasteiger partial charge on any atom is -0.387 e. The summed E-state index contributed by atoms with van der Waals surface area (Å²) in [5.41, 5.74) is 0.809. The highest BCUT2D eigenvalue weighted by atomic mass is 32.1. The second-order valence-electron chi connectivity index (χ2n) is 4.26. The fourth-order valence-corrected chi connectivity index (χ4v) is 2.62. The van der Waals surface area contributed by atoms with E-state index in [4.69, 9.17) is 0 Å². The molecule has 1 amide bonds. The third-order valence-corrected chi connectivity index (χ3v) is 4.10. The zero-order chi connectivity index (χ0) is 13.7. The molecule has 0 fully saturated rings. The molecule has 0 radical (unpaired) electrons. The number of aliphatic hydroxyl groups excluding tert-OH is 1. The summed E-state index contributed by atoms with van der Waals surface area (Å²) in [5, 5.41) is 12.7. The summed E-state index contributed by atoms with van der Waals surface area (Å²) in [4.78, 5) is 13.8. The highest BCUT2D eigenvalue weighted by Gasteiger charge is 2.12. The molecular weight excluding hydrogens is 258 g/mol. The van der Waals surface area contributed by atoms with Crippen molar-refractivity contribution in [1.29, 1.82) is 0 Å². The van der Waals surface area contributed by atoms with Crippen LogP contribution in [0.3, 0.4) is 0 Å². The average molecular weight is 275 g/mol. The lowest BCUT2D eigenvalue weighted by Gasteiger charge is -2.11. The van der Waals surface area contributed by atoms with Crippen LogP contribution < -0.4 is 5.32 Å². The van der Waals surface area contributed by atoms with Gasteiger partial charge in [0.05, 0.1) is 11.0 Å². The number of rotatable bonds is 5. The molecule has 2 rings (SSSR count). The number of amides is 1. The summed E-state index contributed by atoms with van der Waals surface area (Å²) in [7, 11) is 0. The van der Waals surface area contributed by atoms with Crippen molar-refractivity contribution >= 4 is 17.2 Å². The predicted octanol–water partition coefficient (Wildman–Crippen LogP) is 2.77. The summed E-state index contributed by atoms with van der Waals surface area (Å²) in [6, 6.07) is 13.1. The summed E-state index contributed by atoms with van der Waals surface area (Å²) >= 11 is 1.49. The molecule has 0 spiro atoms. The molecule has 0 saturated heterocycles. The lowest BCUT2D eigenvalue weighted by Crippen LogP contribution is -2.27. The Bertz CT molecular complexity index is 536. The Morgan fingerprint density at radius 2 is 2.00 bits per heavy atom. The van der Waals surface area contributed by atoms with E-state index < -0.39 is 6.10 Å². The fourth-order valence-electron chi connectivity index (χ4n) is 1.76. The molecule has 2 aromatic rings. The van der Waals surface area contributed by atoms with Gasteiger partial charge in [0.15, 0.2) is 0 Å². The number of nitrogens with one attached hydrogen (secondary N) is 1. The third-order valence-electron chi connectivity index (χ3n) is 2.87. The molecule has 4 heteroatoms. The minimum absolute atomic E-state index is 0.125. The van der Waals surface area contributed by atoms with E-state index in [2.05, 4.69) is 12.2 Å². The highest BCUT2D eigenvalue weighted by Crippen LogP contribution is 2.17. The van der Waals surface area contributed by atoms with Crippen molar-refractivity contribution in [2.45, 2.75) is 19.4 Å². The van der Waals surface area contributed by atoms with Gasteiger partial charge >= 0.3 is 0 Å². The third kappa shape index (κ3) is 3.66. The normalized spacial score (nSPS) is 12.1. The first-order chi connectivity index (χ1) is 9.20. The smallest absolute Gasteiger partial charge is 0.261 e. The highest BCUT2D eigenvalue weighted by molar-refractivity contribution is 7.14. The second kappa shape index (κ2) is 6.50. The molecule has 1 aromatic heterocycles. The van der Waals surface area contributed by atoms with E-state index >= 15 is 0 Å². The molecule has 1 atom stereocenters. The van der Waals surface area contributed by atoms with Gasteiger partial charge in [-0.1, -0.05) is 37.3 Å². The minimum atomic E-state index is -0.671. The van der Waals surface area contributed by atoms with Crippen LogP contribution in [0.1, 0.15) is 33.1 Å². The van der Waals surface area contributed by atoms with Crippen molar-refractivity contribution in [3.63, 3.8) is 0 Å². The maximum atomic E-state index is 11.9. The Labute approximate surface area is 116 Å². The molecule has 0 saturated carbocycles. The van der Waals surface area contributed by atoms with Gasteiger partial charge in [-0.2, -0.15) is 0 Å². The first-order valence-corrected chi connectivity index (χ1v) is 7.12. The number of hydrogen-bond acceptors (Lipinski definition) is 3. The zero-order valence-corrected chi connectivity index (χ0v) is 11.6. The van der Waals surface area contributed by atoms with Crippen LogP contribution in [0.4, 0.5) is 0 Å². The zero-order valence-electron chi connectivity index (χ0n) is 10.8. The van der Waals surface area contributed by atoms with E-state index in [1.165, 1.54) is 16.2 Å². The summed E-state index contributed by atoms with van der Waals surface area (Å²) in [6.07, 6.45) is 0.265. The van der Waals surface area contributed by atoms with Crippen LogP contribution in [0.15, 0.2) is 42.5 Å². The quantitative estimate of drug-likeness (QED) is 0.881. The van der Waals surface area contributed by atoms with E-state index in [1.807, 2.05) is 42.5 Å². The Balaban J connectivity index is 1.90. The van der Waals surface area contributed by atoms with Crippen molar-refractivity contribution in [3.8, 4) is 0 Å². The maximum absolute atomic E-state index is 11.9. The lowest BCUT2D eigenvalue weighted by molar-refractivity contribution is 0.0920. The van der Waals surface area contributed by atoms with Crippen molar-refractivity contribution in [2.24, 2.45) is 0 Å². The van der Waals surface area contributed by atoms with Gasteiger partial charge in [-0.15, -0.1) is 11.3 Å². The van der Waals surface area contributed by atoms with Gasteiger partial charge in [0.2, 0.25) is 0 Å². The van der Waals surface area contributed by atoms with Gasteiger partial charge in [0.1, 0.15) is 0 Å². The first-order valence-electron chi connectivity index (χ1n) is 6.30. The van der Waals surface area contributed by atoms with Crippen LogP contribution in [-0.4, -0.2) is 17.6 Å². The van der Waals surface area contributed by atoms with Gasteiger partial charge in [0, 0.05) is 11.4 Å². The second-order valence-corrected chi connectivity index (χ2v) is 5.42. The lowest BCUT2D eigenvalue weighted by atomic mass is 10.1. The van der Waals surface area contributed by atoms with Gasteiger partial charge in [-0.25, -0.2) is 0 Å². The molecule has 100 valence electrons. The van der Waals surface area contributed by atoms with Crippen molar-refractivity contribution in [3.05, 3.63) is 57.8 Å². The summed E-state index contributed by atoms with van der Waals surface area (Å²) in [6.45, 7) is 2.29. The number of aliphatic hydroxyl groups is 1. The predicted molar refractivity (Wildman–Crippen MR) is 77.4 cm³/mol. The molecule has 1 aromatic carbocycles.